The molecule has 1 N–H and O–H groups in total. The number of benzene rings is 1. The molecule has 0 aliphatic carbocycles. The number of likely N-dealkylation sites (N-methyl/N-ethyl adjacent to an activating group) is 1. The minimum absolute atomic E-state index is 0.220. The summed E-state index contributed by atoms with van der Waals surface area (Å²) < 4.78 is 5.45. The van der Waals surface area contributed by atoms with E-state index < -0.39 is 0 Å². The molecule has 4 heteroatoms. The Morgan fingerprint density at radius 2 is 2.21 bits per heavy atom. The Labute approximate surface area is 123 Å². The largest absolute Gasteiger partial charge is 0.496 e. The van der Waals surface area contributed by atoms with Crippen LogP contribution in [0, 0.1) is 0 Å². The molecule has 102 valence electrons. The molecule has 1 atom stereocenters. The highest BCUT2D eigenvalue weighted by Crippen LogP contribution is 2.31. The van der Waals surface area contributed by atoms with E-state index in [2.05, 4.69) is 29.8 Å². The second-order valence-corrected chi connectivity index (χ2v) is 5.75. The lowest BCUT2D eigenvalue weighted by Gasteiger charge is -2.20. The summed E-state index contributed by atoms with van der Waals surface area (Å²) in [5.41, 5.74) is 1.12. The van der Waals surface area contributed by atoms with E-state index in [-0.39, 0.29) is 6.04 Å². The van der Waals surface area contributed by atoms with Gasteiger partial charge in [0.2, 0.25) is 0 Å². The van der Waals surface area contributed by atoms with Crippen molar-refractivity contribution in [3.05, 3.63) is 51.2 Å². The Morgan fingerprint density at radius 3 is 2.84 bits per heavy atom. The average Bonchev–Trinajstić information content (AvgIpc) is 2.91. The molecule has 0 fully saturated rings. The van der Waals surface area contributed by atoms with E-state index in [1.807, 2.05) is 18.2 Å². The van der Waals surface area contributed by atoms with Crippen LogP contribution in [0.1, 0.15) is 23.4 Å². The highest BCUT2D eigenvalue weighted by Gasteiger charge is 2.16. The summed E-state index contributed by atoms with van der Waals surface area (Å²) in [6.45, 7) is 3.02. The second kappa shape index (κ2) is 6.94. The SMILES string of the molecule is CCNC(Cc1cccs1)c1cc(Cl)ccc1OC. The van der Waals surface area contributed by atoms with Crippen molar-refractivity contribution in [1.82, 2.24) is 5.32 Å². The maximum absolute atomic E-state index is 6.12. The zero-order chi connectivity index (χ0) is 13.7. The normalized spacial score (nSPS) is 12.4. The van der Waals surface area contributed by atoms with Gasteiger partial charge in [-0.2, -0.15) is 0 Å². The van der Waals surface area contributed by atoms with Gasteiger partial charge in [-0.1, -0.05) is 24.6 Å². The molecule has 2 aromatic rings. The summed E-state index contributed by atoms with van der Waals surface area (Å²) in [6, 6.07) is 10.2. The van der Waals surface area contributed by atoms with Gasteiger partial charge in [0.1, 0.15) is 5.75 Å². The lowest BCUT2D eigenvalue weighted by Crippen LogP contribution is -2.23. The zero-order valence-electron chi connectivity index (χ0n) is 11.2. The number of rotatable bonds is 6. The fraction of sp³-hybridized carbons (Fsp3) is 0.333. The van der Waals surface area contributed by atoms with Gasteiger partial charge in [0.15, 0.2) is 0 Å². The first kappa shape index (κ1) is 14.4. The van der Waals surface area contributed by atoms with Crippen molar-refractivity contribution in [2.75, 3.05) is 13.7 Å². The zero-order valence-corrected chi connectivity index (χ0v) is 12.7. The minimum Gasteiger partial charge on any atom is -0.496 e. The fourth-order valence-corrected chi connectivity index (χ4v) is 3.08. The van der Waals surface area contributed by atoms with E-state index in [1.165, 1.54) is 4.88 Å². The van der Waals surface area contributed by atoms with Crippen molar-refractivity contribution in [2.24, 2.45) is 0 Å². The van der Waals surface area contributed by atoms with E-state index in [4.69, 9.17) is 16.3 Å². The number of ether oxygens (including phenoxy) is 1. The molecule has 0 aliphatic rings. The van der Waals surface area contributed by atoms with Crippen LogP contribution >= 0.6 is 22.9 Å². The van der Waals surface area contributed by atoms with Crippen LogP contribution in [0.3, 0.4) is 0 Å². The molecule has 1 aromatic heterocycles. The lowest BCUT2D eigenvalue weighted by atomic mass is 10.0. The fourth-order valence-electron chi connectivity index (χ4n) is 2.15. The average molecular weight is 296 g/mol. The molecule has 0 aliphatic heterocycles. The van der Waals surface area contributed by atoms with Gasteiger partial charge in [0, 0.05) is 27.9 Å². The summed E-state index contributed by atoms with van der Waals surface area (Å²) in [6.07, 6.45) is 0.947. The predicted octanol–water partition coefficient (Wildman–Crippen LogP) is 4.30. The second-order valence-electron chi connectivity index (χ2n) is 4.28. The van der Waals surface area contributed by atoms with Gasteiger partial charge in [0.25, 0.3) is 0 Å². The Balaban J connectivity index is 2.29. The molecule has 2 rings (SSSR count). The molecule has 1 aromatic carbocycles. The van der Waals surface area contributed by atoms with Crippen LogP contribution in [0.4, 0.5) is 0 Å². The number of nitrogens with one attached hydrogen (secondary N) is 1. The Bertz CT molecular complexity index is 513. The van der Waals surface area contributed by atoms with Crippen molar-refractivity contribution in [2.45, 2.75) is 19.4 Å². The van der Waals surface area contributed by atoms with Crippen LogP contribution in [0.25, 0.3) is 0 Å². The van der Waals surface area contributed by atoms with Crippen LogP contribution in [-0.2, 0) is 6.42 Å². The maximum atomic E-state index is 6.12. The van der Waals surface area contributed by atoms with Crippen molar-refractivity contribution in [3.63, 3.8) is 0 Å². The summed E-state index contributed by atoms with van der Waals surface area (Å²) in [7, 11) is 1.70. The van der Waals surface area contributed by atoms with Gasteiger partial charge in [-0.3, -0.25) is 0 Å². The molecule has 0 radical (unpaired) electrons. The van der Waals surface area contributed by atoms with E-state index in [9.17, 15) is 0 Å². The molecular weight excluding hydrogens is 278 g/mol. The van der Waals surface area contributed by atoms with Gasteiger partial charge in [-0.25, -0.2) is 0 Å². The summed E-state index contributed by atoms with van der Waals surface area (Å²) in [4.78, 5) is 1.35. The van der Waals surface area contributed by atoms with Crippen molar-refractivity contribution in [1.29, 1.82) is 0 Å². The molecule has 0 bridgehead atoms. The molecule has 0 saturated heterocycles. The molecule has 1 unspecified atom stereocenters. The Morgan fingerprint density at radius 1 is 1.37 bits per heavy atom. The molecule has 1 heterocycles. The summed E-state index contributed by atoms with van der Waals surface area (Å²) in [5, 5.41) is 6.35. The minimum atomic E-state index is 0.220. The molecule has 0 spiro atoms. The molecule has 19 heavy (non-hydrogen) atoms. The van der Waals surface area contributed by atoms with E-state index in [0.717, 1.165) is 29.3 Å². The van der Waals surface area contributed by atoms with Crippen molar-refractivity contribution >= 4 is 22.9 Å². The first-order valence-electron chi connectivity index (χ1n) is 6.33. The van der Waals surface area contributed by atoms with Crippen molar-refractivity contribution in [3.8, 4) is 5.75 Å². The maximum Gasteiger partial charge on any atom is 0.123 e. The number of thiophene rings is 1. The summed E-state index contributed by atoms with van der Waals surface area (Å²) >= 11 is 7.89. The van der Waals surface area contributed by atoms with Gasteiger partial charge < -0.3 is 10.1 Å². The molecule has 0 saturated carbocycles. The van der Waals surface area contributed by atoms with Gasteiger partial charge in [0.05, 0.1) is 7.11 Å². The number of hydrogen-bond donors (Lipinski definition) is 1. The van der Waals surface area contributed by atoms with Gasteiger partial charge in [-0.05, 0) is 36.2 Å². The van der Waals surface area contributed by atoms with E-state index >= 15 is 0 Å². The highest BCUT2D eigenvalue weighted by atomic mass is 35.5. The Kier molecular flexibility index (Phi) is 5.25. The molecular formula is C15H18ClNOS. The van der Waals surface area contributed by atoms with Crippen molar-refractivity contribution < 1.29 is 4.74 Å². The van der Waals surface area contributed by atoms with Crippen LogP contribution in [-0.4, -0.2) is 13.7 Å². The van der Waals surface area contributed by atoms with Crippen LogP contribution < -0.4 is 10.1 Å². The number of hydrogen-bond acceptors (Lipinski definition) is 3. The molecule has 2 nitrogen and oxygen atoms in total. The smallest absolute Gasteiger partial charge is 0.123 e. The Hall–Kier alpha value is -1.03. The quantitative estimate of drug-likeness (QED) is 0.858. The van der Waals surface area contributed by atoms with Crippen LogP contribution in [0.15, 0.2) is 35.7 Å². The molecule has 0 amide bonds. The number of halogens is 1. The van der Waals surface area contributed by atoms with Crippen LogP contribution in [0.2, 0.25) is 5.02 Å². The first-order valence-corrected chi connectivity index (χ1v) is 7.59. The predicted molar refractivity (Wildman–Crippen MR) is 82.4 cm³/mol. The van der Waals surface area contributed by atoms with E-state index in [0.29, 0.717) is 0 Å². The highest BCUT2D eigenvalue weighted by molar-refractivity contribution is 7.09. The topological polar surface area (TPSA) is 21.3 Å². The lowest BCUT2D eigenvalue weighted by molar-refractivity contribution is 0.399. The van der Waals surface area contributed by atoms with Gasteiger partial charge in [-0.15, -0.1) is 11.3 Å². The monoisotopic (exact) mass is 295 g/mol. The first-order chi connectivity index (χ1) is 9.24. The standard InChI is InChI=1S/C15H18ClNOS/c1-3-17-14(10-12-5-4-8-19-12)13-9-11(16)6-7-15(13)18-2/h4-9,14,17H,3,10H2,1-2H3. The third kappa shape index (κ3) is 3.72. The van der Waals surface area contributed by atoms with Crippen LogP contribution in [0.5, 0.6) is 5.75 Å². The third-order valence-electron chi connectivity index (χ3n) is 3.00. The number of methoxy groups -OCH3 is 1. The van der Waals surface area contributed by atoms with E-state index in [1.54, 1.807) is 18.4 Å². The third-order valence-corrected chi connectivity index (χ3v) is 4.14. The van der Waals surface area contributed by atoms with Gasteiger partial charge >= 0.3 is 0 Å². The summed E-state index contributed by atoms with van der Waals surface area (Å²) in [5.74, 6) is 0.881.